The fourth-order valence-electron chi connectivity index (χ4n) is 2.34. The molecule has 82 valence electrons. The smallest absolute Gasteiger partial charge is 0.137 e. The second-order valence-electron chi connectivity index (χ2n) is 4.22. The van der Waals surface area contributed by atoms with Crippen LogP contribution in [-0.2, 0) is 0 Å². The highest BCUT2D eigenvalue weighted by Gasteiger charge is 2.32. The molecule has 1 aromatic heterocycles. The summed E-state index contributed by atoms with van der Waals surface area (Å²) in [5.74, 6) is 1.90. The average Bonchev–Trinajstić information content (AvgIpc) is 2.60. The van der Waals surface area contributed by atoms with Crippen molar-refractivity contribution in [2.45, 2.75) is 31.1 Å². The van der Waals surface area contributed by atoms with Crippen LogP contribution in [0.15, 0.2) is 18.5 Å². The Hall–Kier alpha value is -0.760. The van der Waals surface area contributed by atoms with Crippen molar-refractivity contribution in [3.05, 3.63) is 24.0 Å². The molecule has 0 spiro atoms. The van der Waals surface area contributed by atoms with E-state index in [0.29, 0.717) is 17.2 Å². The third-order valence-electron chi connectivity index (χ3n) is 3.36. The van der Waals surface area contributed by atoms with Crippen molar-refractivity contribution < 1.29 is 4.74 Å². The molecule has 0 saturated heterocycles. The zero-order valence-electron chi connectivity index (χ0n) is 9.11. The van der Waals surface area contributed by atoms with Crippen molar-refractivity contribution in [1.29, 1.82) is 0 Å². The van der Waals surface area contributed by atoms with Crippen LogP contribution in [0.5, 0.6) is 5.75 Å². The van der Waals surface area contributed by atoms with Gasteiger partial charge >= 0.3 is 0 Å². The minimum atomic E-state index is 0.307. The summed E-state index contributed by atoms with van der Waals surface area (Å²) in [5.41, 5.74) is 1.25. The van der Waals surface area contributed by atoms with Crippen molar-refractivity contribution in [3.8, 4) is 5.75 Å². The van der Waals surface area contributed by atoms with Gasteiger partial charge in [0.15, 0.2) is 0 Å². The normalized spacial score (nSPS) is 30.5. The molecule has 1 heterocycles. The molecule has 3 heteroatoms. The highest BCUT2D eigenvalue weighted by molar-refractivity contribution is 6.21. The maximum Gasteiger partial charge on any atom is 0.137 e. The van der Waals surface area contributed by atoms with Gasteiger partial charge in [0, 0.05) is 11.6 Å². The Morgan fingerprint density at radius 1 is 1.40 bits per heavy atom. The van der Waals surface area contributed by atoms with Crippen LogP contribution in [0.2, 0.25) is 0 Å². The molecule has 1 aliphatic carbocycles. The van der Waals surface area contributed by atoms with Gasteiger partial charge in [-0.25, -0.2) is 0 Å². The van der Waals surface area contributed by atoms with Crippen molar-refractivity contribution in [2.24, 2.45) is 5.92 Å². The molecular formula is C12H16ClNO. The lowest BCUT2D eigenvalue weighted by Crippen LogP contribution is -2.09. The molecule has 1 fully saturated rings. The first-order valence-electron chi connectivity index (χ1n) is 5.35. The highest BCUT2D eigenvalue weighted by Crippen LogP contribution is 2.42. The number of nitrogens with zero attached hydrogens (tertiary/aromatic N) is 1. The minimum absolute atomic E-state index is 0.307. The van der Waals surface area contributed by atoms with Gasteiger partial charge in [0.2, 0.25) is 0 Å². The molecule has 0 amide bonds. The number of methoxy groups -OCH3 is 1. The summed E-state index contributed by atoms with van der Waals surface area (Å²) in [6.45, 7) is 2.22. The number of halogens is 1. The fourth-order valence-corrected chi connectivity index (χ4v) is 2.64. The molecule has 3 unspecified atom stereocenters. The Bertz CT molecular complexity index is 342. The van der Waals surface area contributed by atoms with Crippen LogP contribution in [0.4, 0.5) is 0 Å². The summed E-state index contributed by atoms with van der Waals surface area (Å²) in [6.07, 6.45) is 5.93. The summed E-state index contributed by atoms with van der Waals surface area (Å²) in [7, 11) is 1.67. The van der Waals surface area contributed by atoms with E-state index in [-0.39, 0.29) is 0 Å². The second kappa shape index (κ2) is 4.40. The number of hydrogen-bond acceptors (Lipinski definition) is 2. The molecule has 0 aliphatic heterocycles. The quantitative estimate of drug-likeness (QED) is 0.722. The molecule has 15 heavy (non-hydrogen) atoms. The molecule has 0 N–H and O–H groups in total. The van der Waals surface area contributed by atoms with Gasteiger partial charge in [-0.15, -0.1) is 11.6 Å². The van der Waals surface area contributed by atoms with Crippen molar-refractivity contribution in [3.63, 3.8) is 0 Å². The summed E-state index contributed by atoms with van der Waals surface area (Å²) in [5, 5.41) is 0.307. The number of ether oxygens (including phenoxy) is 1. The van der Waals surface area contributed by atoms with Gasteiger partial charge in [-0.05, 0) is 36.3 Å². The topological polar surface area (TPSA) is 22.1 Å². The van der Waals surface area contributed by atoms with Crippen molar-refractivity contribution >= 4 is 11.6 Å². The SMILES string of the molecule is COc1cncc(C2CCC(Cl)C2C)c1. The van der Waals surface area contributed by atoms with Gasteiger partial charge in [-0.2, -0.15) is 0 Å². The van der Waals surface area contributed by atoms with E-state index in [9.17, 15) is 0 Å². The van der Waals surface area contributed by atoms with E-state index >= 15 is 0 Å². The number of pyridine rings is 1. The molecule has 1 aliphatic rings. The summed E-state index contributed by atoms with van der Waals surface area (Å²) >= 11 is 6.23. The molecule has 0 aromatic carbocycles. The van der Waals surface area contributed by atoms with E-state index in [1.54, 1.807) is 13.3 Å². The first-order valence-corrected chi connectivity index (χ1v) is 5.79. The summed E-state index contributed by atoms with van der Waals surface area (Å²) in [4.78, 5) is 4.19. The third-order valence-corrected chi connectivity index (χ3v) is 3.97. The lowest BCUT2D eigenvalue weighted by Gasteiger charge is -2.17. The number of rotatable bonds is 2. The van der Waals surface area contributed by atoms with Gasteiger partial charge in [-0.1, -0.05) is 6.92 Å². The van der Waals surface area contributed by atoms with E-state index in [4.69, 9.17) is 16.3 Å². The van der Waals surface area contributed by atoms with E-state index in [1.165, 1.54) is 5.56 Å². The first-order chi connectivity index (χ1) is 7.22. The number of hydrogen-bond donors (Lipinski definition) is 0. The van der Waals surface area contributed by atoms with Crippen molar-refractivity contribution in [1.82, 2.24) is 4.98 Å². The Morgan fingerprint density at radius 3 is 2.80 bits per heavy atom. The predicted octanol–water partition coefficient (Wildman–Crippen LogP) is 3.21. The molecule has 0 bridgehead atoms. The highest BCUT2D eigenvalue weighted by atomic mass is 35.5. The molecule has 1 aromatic rings. The van der Waals surface area contributed by atoms with Crippen LogP contribution in [0, 0.1) is 5.92 Å². The first kappa shape index (κ1) is 10.7. The number of aromatic nitrogens is 1. The van der Waals surface area contributed by atoms with Gasteiger partial charge in [0.05, 0.1) is 13.3 Å². The van der Waals surface area contributed by atoms with Crippen LogP contribution >= 0.6 is 11.6 Å². The van der Waals surface area contributed by atoms with Gasteiger partial charge in [0.25, 0.3) is 0 Å². The van der Waals surface area contributed by atoms with Crippen LogP contribution in [0.25, 0.3) is 0 Å². The minimum Gasteiger partial charge on any atom is -0.495 e. The maximum absolute atomic E-state index is 6.23. The van der Waals surface area contributed by atoms with E-state index in [2.05, 4.69) is 18.0 Å². The second-order valence-corrected chi connectivity index (χ2v) is 4.78. The Morgan fingerprint density at radius 2 is 2.20 bits per heavy atom. The largest absolute Gasteiger partial charge is 0.495 e. The fraction of sp³-hybridized carbons (Fsp3) is 0.583. The van der Waals surface area contributed by atoms with Gasteiger partial charge in [-0.3, -0.25) is 4.98 Å². The third kappa shape index (κ3) is 2.10. The summed E-state index contributed by atoms with van der Waals surface area (Å²) < 4.78 is 5.18. The van der Waals surface area contributed by atoms with Gasteiger partial charge < -0.3 is 4.74 Å². The monoisotopic (exact) mass is 225 g/mol. The molecule has 2 nitrogen and oxygen atoms in total. The summed E-state index contributed by atoms with van der Waals surface area (Å²) in [6, 6.07) is 2.07. The van der Waals surface area contributed by atoms with Crippen LogP contribution in [0.3, 0.4) is 0 Å². The average molecular weight is 226 g/mol. The van der Waals surface area contributed by atoms with E-state index in [0.717, 1.165) is 18.6 Å². The van der Waals surface area contributed by atoms with Gasteiger partial charge in [0.1, 0.15) is 5.75 Å². The zero-order chi connectivity index (χ0) is 10.8. The molecule has 0 radical (unpaired) electrons. The van der Waals surface area contributed by atoms with Crippen LogP contribution in [-0.4, -0.2) is 17.5 Å². The van der Waals surface area contributed by atoms with Crippen LogP contribution < -0.4 is 4.74 Å². The Balaban J connectivity index is 2.22. The lowest BCUT2D eigenvalue weighted by molar-refractivity contribution is 0.410. The molecule has 1 saturated carbocycles. The maximum atomic E-state index is 6.23. The predicted molar refractivity (Wildman–Crippen MR) is 61.6 cm³/mol. The molecule has 3 atom stereocenters. The van der Waals surface area contributed by atoms with Crippen molar-refractivity contribution in [2.75, 3.05) is 7.11 Å². The lowest BCUT2D eigenvalue weighted by atomic mass is 9.91. The molecule has 2 rings (SSSR count). The molecular weight excluding hydrogens is 210 g/mol. The Kier molecular flexibility index (Phi) is 3.15. The zero-order valence-corrected chi connectivity index (χ0v) is 9.87. The number of alkyl halides is 1. The van der Waals surface area contributed by atoms with Crippen LogP contribution in [0.1, 0.15) is 31.2 Å². The van der Waals surface area contributed by atoms with E-state index < -0.39 is 0 Å². The standard InChI is InChI=1S/C12H16ClNO/c1-8-11(3-4-12(8)13)9-5-10(15-2)7-14-6-9/h5-8,11-12H,3-4H2,1-2H3. The Labute approximate surface area is 95.6 Å². The van der Waals surface area contributed by atoms with E-state index in [1.807, 2.05) is 6.20 Å².